The number of nitrogens with one attached hydrogen (secondary N) is 2. The SMILES string of the molecule is Cn1cc(NC(=O)NC[C@H]2CCc3ccccc3O2)nn1. The monoisotopic (exact) mass is 287 g/mol. The molecule has 2 amide bonds. The molecule has 1 aromatic heterocycles. The van der Waals surface area contributed by atoms with E-state index in [-0.39, 0.29) is 12.1 Å². The minimum absolute atomic E-state index is 0.00694. The molecule has 21 heavy (non-hydrogen) atoms. The number of ether oxygens (including phenoxy) is 1. The van der Waals surface area contributed by atoms with Gasteiger partial charge >= 0.3 is 6.03 Å². The number of benzene rings is 1. The molecule has 0 fully saturated rings. The number of nitrogens with zero attached hydrogens (tertiary/aromatic N) is 3. The van der Waals surface area contributed by atoms with Crippen LogP contribution in [0.5, 0.6) is 5.75 Å². The zero-order valence-corrected chi connectivity index (χ0v) is 11.7. The summed E-state index contributed by atoms with van der Waals surface area (Å²) in [7, 11) is 1.74. The van der Waals surface area contributed by atoms with Crippen LogP contribution in [0.15, 0.2) is 30.5 Å². The lowest BCUT2D eigenvalue weighted by atomic mass is 10.0. The van der Waals surface area contributed by atoms with Crippen molar-refractivity contribution in [2.24, 2.45) is 7.05 Å². The third kappa shape index (κ3) is 3.31. The van der Waals surface area contributed by atoms with Gasteiger partial charge < -0.3 is 10.1 Å². The number of carbonyl (C=O) groups is 1. The molecule has 0 saturated carbocycles. The molecule has 1 aliphatic heterocycles. The van der Waals surface area contributed by atoms with Gasteiger partial charge in [0.2, 0.25) is 0 Å². The molecule has 0 unspecified atom stereocenters. The number of rotatable bonds is 3. The standard InChI is InChI=1S/C14H17N5O2/c1-19-9-13(17-18-19)16-14(20)15-8-11-7-6-10-4-2-3-5-12(10)21-11/h2-5,9,11H,6-8H2,1H3,(H2,15,16,20)/t11-/m1/s1. The topological polar surface area (TPSA) is 81.1 Å². The van der Waals surface area contributed by atoms with Crippen molar-refractivity contribution in [3.63, 3.8) is 0 Å². The smallest absolute Gasteiger partial charge is 0.320 e. The average Bonchev–Trinajstić information content (AvgIpc) is 2.90. The summed E-state index contributed by atoms with van der Waals surface area (Å²) in [6, 6.07) is 7.68. The number of aryl methyl sites for hydroxylation is 2. The van der Waals surface area contributed by atoms with Crippen molar-refractivity contribution in [3.05, 3.63) is 36.0 Å². The van der Waals surface area contributed by atoms with E-state index in [9.17, 15) is 4.79 Å². The summed E-state index contributed by atoms with van der Waals surface area (Å²) >= 11 is 0. The van der Waals surface area contributed by atoms with E-state index in [2.05, 4.69) is 27.0 Å². The third-order valence-electron chi connectivity index (χ3n) is 3.34. The number of para-hydroxylation sites is 1. The van der Waals surface area contributed by atoms with Gasteiger partial charge in [-0.2, -0.15) is 0 Å². The Kier molecular flexibility index (Phi) is 3.72. The molecular formula is C14H17N5O2. The zero-order chi connectivity index (χ0) is 14.7. The molecule has 1 aliphatic rings. The maximum Gasteiger partial charge on any atom is 0.320 e. The largest absolute Gasteiger partial charge is 0.488 e. The van der Waals surface area contributed by atoms with E-state index in [1.165, 1.54) is 10.2 Å². The minimum Gasteiger partial charge on any atom is -0.488 e. The maximum absolute atomic E-state index is 11.8. The maximum atomic E-state index is 11.8. The van der Waals surface area contributed by atoms with E-state index in [1.54, 1.807) is 13.2 Å². The van der Waals surface area contributed by atoms with E-state index in [0.717, 1.165) is 18.6 Å². The van der Waals surface area contributed by atoms with Crippen molar-refractivity contribution in [1.82, 2.24) is 20.3 Å². The highest BCUT2D eigenvalue weighted by atomic mass is 16.5. The van der Waals surface area contributed by atoms with Gasteiger partial charge in [-0.3, -0.25) is 10.00 Å². The molecule has 0 radical (unpaired) electrons. The van der Waals surface area contributed by atoms with Crippen molar-refractivity contribution < 1.29 is 9.53 Å². The lowest BCUT2D eigenvalue weighted by Gasteiger charge is -2.26. The Morgan fingerprint density at radius 3 is 3.14 bits per heavy atom. The van der Waals surface area contributed by atoms with Crippen molar-refractivity contribution in [1.29, 1.82) is 0 Å². The van der Waals surface area contributed by atoms with Gasteiger partial charge in [0.25, 0.3) is 0 Å². The summed E-state index contributed by atoms with van der Waals surface area (Å²) in [5.41, 5.74) is 1.22. The first-order valence-corrected chi connectivity index (χ1v) is 6.86. The molecule has 0 saturated heterocycles. The van der Waals surface area contributed by atoms with Gasteiger partial charge in [-0.05, 0) is 24.5 Å². The van der Waals surface area contributed by atoms with Crippen molar-refractivity contribution >= 4 is 11.8 Å². The van der Waals surface area contributed by atoms with Crippen LogP contribution >= 0.6 is 0 Å². The molecule has 1 aromatic carbocycles. The Labute approximate surface area is 122 Å². The molecule has 1 atom stereocenters. The first-order chi connectivity index (χ1) is 10.2. The summed E-state index contributed by atoms with van der Waals surface area (Å²) in [4.78, 5) is 11.8. The van der Waals surface area contributed by atoms with Gasteiger partial charge in [-0.15, -0.1) is 5.10 Å². The molecule has 7 nitrogen and oxygen atoms in total. The molecule has 7 heteroatoms. The number of aromatic nitrogens is 3. The van der Waals surface area contributed by atoms with Crippen molar-refractivity contribution in [2.75, 3.05) is 11.9 Å². The fourth-order valence-electron chi connectivity index (χ4n) is 2.30. The molecule has 2 heterocycles. The second-order valence-electron chi connectivity index (χ2n) is 5.00. The number of fused-ring (bicyclic) bond motifs is 1. The van der Waals surface area contributed by atoms with E-state index < -0.39 is 0 Å². The van der Waals surface area contributed by atoms with Crippen molar-refractivity contribution in [2.45, 2.75) is 18.9 Å². The van der Waals surface area contributed by atoms with E-state index in [4.69, 9.17) is 4.74 Å². The van der Waals surface area contributed by atoms with Gasteiger partial charge in [0, 0.05) is 7.05 Å². The van der Waals surface area contributed by atoms with E-state index in [1.807, 2.05) is 18.2 Å². The lowest BCUT2D eigenvalue weighted by Crippen LogP contribution is -2.39. The van der Waals surface area contributed by atoms with Crippen molar-refractivity contribution in [3.8, 4) is 5.75 Å². The predicted molar refractivity (Wildman–Crippen MR) is 77.2 cm³/mol. The highest BCUT2D eigenvalue weighted by Gasteiger charge is 2.19. The summed E-state index contributed by atoms with van der Waals surface area (Å²) in [6.45, 7) is 0.459. The summed E-state index contributed by atoms with van der Waals surface area (Å²) < 4.78 is 7.39. The van der Waals surface area contributed by atoms with Gasteiger partial charge in [0.05, 0.1) is 12.7 Å². The Hall–Kier alpha value is -2.57. The van der Waals surface area contributed by atoms with E-state index >= 15 is 0 Å². The van der Waals surface area contributed by atoms with Crippen LogP contribution in [0.1, 0.15) is 12.0 Å². The third-order valence-corrected chi connectivity index (χ3v) is 3.34. The number of hydrogen-bond donors (Lipinski definition) is 2. The average molecular weight is 287 g/mol. The normalized spacial score (nSPS) is 16.7. The highest BCUT2D eigenvalue weighted by molar-refractivity contribution is 5.87. The van der Waals surface area contributed by atoms with E-state index in [0.29, 0.717) is 12.4 Å². The Morgan fingerprint density at radius 2 is 2.33 bits per heavy atom. The Bertz CT molecular complexity index is 640. The summed E-state index contributed by atoms with van der Waals surface area (Å²) in [6.07, 6.45) is 3.48. The number of hydrogen-bond acceptors (Lipinski definition) is 4. The molecule has 0 aliphatic carbocycles. The fraction of sp³-hybridized carbons (Fsp3) is 0.357. The first kappa shape index (κ1) is 13.4. The number of anilines is 1. The molecule has 3 rings (SSSR count). The highest BCUT2D eigenvalue weighted by Crippen LogP contribution is 2.26. The Balaban J connectivity index is 1.49. The minimum atomic E-state index is -0.307. The van der Waals surface area contributed by atoms with Gasteiger partial charge in [0.15, 0.2) is 5.82 Å². The Morgan fingerprint density at radius 1 is 1.48 bits per heavy atom. The molecule has 0 spiro atoms. The molecule has 2 aromatic rings. The molecule has 0 bridgehead atoms. The lowest BCUT2D eigenvalue weighted by molar-refractivity contribution is 0.171. The van der Waals surface area contributed by atoms with Crippen LogP contribution in [0.3, 0.4) is 0 Å². The van der Waals surface area contributed by atoms with Gasteiger partial charge in [0.1, 0.15) is 11.9 Å². The van der Waals surface area contributed by atoms with Crippen LogP contribution in [0.2, 0.25) is 0 Å². The quantitative estimate of drug-likeness (QED) is 0.892. The molecular weight excluding hydrogens is 270 g/mol. The van der Waals surface area contributed by atoms with Crippen LogP contribution < -0.4 is 15.4 Å². The van der Waals surface area contributed by atoms with Gasteiger partial charge in [-0.1, -0.05) is 23.4 Å². The van der Waals surface area contributed by atoms with Gasteiger partial charge in [-0.25, -0.2) is 4.79 Å². The predicted octanol–water partition coefficient (Wildman–Crippen LogP) is 1.33. The van der Waals surface area contributed by atoms with Crippen LogP contribution in [-0.2, 0) is 13.5 Å². The van der Waals surface area contributed by atoms with Crippen LogP contribution in [0, 0.1) is 0 Å². The number of urea groups is 1. The second kappa shape index (κ2) is 5.82. The van der Waals surface area contributed by atoms with Crippen LogP contribution in [0.4, 0.5) is 10.6 Å². The number of carbonyl (C=O) groups excluding carboxylic acids is 1. The zero-order valence-electron chi connectivity index (χ0n) is 11.7. The first-order valence-electron chi connectivity index (χ1n) is 6.86. The summed E-state index contributed by atoms with van der Waals surface area (Å²) in [5, 5.41) is 12.9. The summed E-state index contributed by atoms with van der Waals surface area (Å²) in [5.74, 6) is 1.33. The number of amides is 2. The molecule has 110 valence electrons. The van der Waals surface area contributed by atoms with Crippen LogP contribution in [0.25, 0.3) is 0 Å². The second-order valence-corrected chi connectivity index (χ2v) is 5.00. The fourth-order valence-corrected chi connectivity index (χ4v) is 2.30. The molecule has 2 N–H and O–H groups in total. The van der Waals surface area contributed by atoms with Crippen LogP contribution in [-0.4, -0.2) is 33.7 Å².